The molecule has 4 aromatic rings. The van der Waals surface area contributed by atoms with Gasteiger partial charge in [0.05, 0.1) is 10.8 Å². The summed E-state index contributed by atoms with van der Waals surface area (Å²) in [6.45, 7) is 5.27. The van der Waals surface area contributed by atoms with Crippen LogP contribution in [0.2, 0.25) is 0 Å². The average molecular weight is 530 g/mol. The Morgan fingerprint density at radius 2 is 1.19 bits per heavy atom. The fourth-order valence-corrected chi connectivity index (χ4v) is 4.13. The van der Waals surface area contributed by atoms with Crippen molar-refractivity contribution in [2.24, 2.45) is 5.92 Å². The first-order valence-corrected chi connectivity index (χ1v) is 13.9. The van der Waals surface area contributed by atoms with Gasteiger partial charge < -0.3 is 0 Å². The molecule has 0 spiro atoms. The van der Waals surface area contributed by atoms with E-state index in [0.717, 1.165) is 24.1 Å². The van der Waals surface area contributed by atoms with Crippen molar-refractivity contribution in [1.82, 2.24) is 0 Å². The second-order valence-electron chi connectivity index (χ2n) is 8.74. The molecule has 9 heteroatoms. The van der Waals surface area contributed by atoms with E-state index in [0.29, 0.717) is 5.92 Å². The number of halogens is 6. The molecule has 0 bridgehead atoms. The molecule has 1 unspecified atom stereocenters. The van der Waals surface area contributed by atoms with E-state index in [1.165, 1.54) is 41.2 Å². The molecule has 196 valence electrons. The van der Waals surface area contributed by atoms with Crippen LogP contribution >= 0.6 is 7.81 Å². The Hall–Kier alpha value is -2.86. The predicted molar refractivity (Wildman–Crippen MR) is 135 cm³/mol. The first-order valence-electron chi connectivity index (χ1n) is 11.9. The number of para-hydroxylation sites is 2. The van der Waals surface area contributed by atoms with Crippen molar-refractivity contribution in [2.45, 2.75) is 39.5 Å². The van der Waals surface area contributed by atoms with E-state index in [9.17, 15) is 25.2 Å². The van der Waals surface area contributed by atoms with Gasteiger partial charge in [0.1, 0.15) is 0 Å². The van der Waals surface area contributed by atoms with Crippen molar-refractivity contribution in [3.05, 3.63) is 78.9 Å². The van der Waals surface area contributed by atoms with Crippen molar-refractivity contribution < 1.29 is 34.7 Å². The van der Waals surface area contributed by atoms with E-state index >= 15 is 0 Å². The fourth-order valence-electron chi connectivity index (χ4n) is 4.13. The average Bonchev–Trinajstić information content (AvgIpc) is 2.82. The molecule has 1 aromatic heterocycles. The van der Waals surface area contributed by atoms with Crippen LogP contribution in [0.3, 0.4) is 0 Å². The summed E-state index contributed by atoms with van der Waals surface area (Å²) in [6.07, 6.45) is 4.88. The van der Waals surface area contributed by atoms with Crippen LogP contribution in [0.5, 0.6) is 0 Å². The van der Waals surface area contributed by atoms with Crippen LogP contribution in [0.25, 0.3) is 32.9 Å². The Morgan fingerprint density at radius 1 is 0.722 bits per heavy atom. The zero-order valence-electron chi connectivity index (χ0n) is 20.2. The molecule has 0 aliphatic rings. The number of nitrogens with zero attached hydrogens (tertiary/aromatic N) is 1. The van der Waals surface area contributed by atoms with Gasteiger partial charge in [0.2, 0.25) is 0 Å². The van der Waals surface area contributed by atoms with Gasteiger partial charge in [-0.05, 0) is 36.5 Å². The molecule has 36 heavy (non-hydrogen) atoms. The fraction of sp³-hybridized carbons (Fsp3) is 0.296. The molecule has 0 amide bonds. The number of fused-ring (bicyclic) bond motifs is 2. The monoisotopic (exact) mass is 529 g/mol. The van der Waals surface area contributed by atoms with Gasteiger partial charge in [-0.1, -0.05) is 81.3 Å². The number of rotatable bonds is 8. The maximum atomic E-state index is 9.87. The third-order valence-electron chi connectivity index (χ3n) is 5.83. The molecule has 0 radical (unpaired) electrons. The van der Waals surface area contributed by atoms with Gasteiger partial charge in [0, 0.05) is 22.4 Å². The summed E-state index contributed by atoms with van der Waals surface area (Å²) in [5.41, 5.74) is 4.75. The molecule has 4 rings (SSSR count). The zero-order chi connectivity index (χ0) is 26.5. The van der Waals surface area contributed by atoms with Gasteiger partial charge in [0.15, 0.2) is 6.61 Å². The number of pyridine rings is 1. The van der Waals surface area contributed by atoms with E-state index in [2.05, 4.69) is 97.4 Å². The number of hydrogen-bond donors (Lipinski definition) is 0. The molecular formula is C27H30F6NOP. The molecule has 3 aromatic carbocycles. The Kier molecular flexibility index (Phi) is 7.89. The Balaban J connectivity index is 0.000000454. The van der Waals surface area contributed by atoms with Gasteiger partial charge >= 0.3 is 33.0 Å². The summed E-state index contributed by atoms with van der Waals surface area (Å²) in [5, 5.41) is 2.44. The predicted octanol–water partition coefficient (Wildman–Crippen LogP) is 9.97. The Morgan fingerprint density at radius 3 is 1.67 bits per heavy atom. The van der Waals surface area contributed by atoms with Crippen LogP contribution in [0.15, 0.2) is 78.9 Å². The van der Waals surface area contributed by atoms with E-state index in [4.69, 9.17) is 4.84 Å². The van der Waals surface area contributed by atoms with Gasteiger partial charge in [-0.2, -0.15) is 0 Å². The van der Waals surface area contributed by atoms with Crippen molar-refractivity contribution in [3.8, 4) is 11.1 Å². The standard InChI is InChI=1S/C27H30NO.F6P/c1-3-5-13-21(4-2)20-29-28-25-18-11-9-16-23(25)27(22-14-7-6-8-15-22)24-17-10-12-19-26(24)28;1-7(2,3,4,5)6/h6-12,14-19,21H,3-5,13,20H2,1-2H3;/q+1;-1. The van der Waals surface area contributed by atoms with Crippen molar-refractivity contribution in [2.75, 3.05) is 6.61 Å². The number of hydrogen-bond acceptors (Lipinski definition) is 1. The summed E-state index contributed by atoms with van der Waals surface area (Å²) in [5.74, 6) is 0.591. The molecular weight excluding hydrogens is 499 g/mol. The SMILES string of the molecule is CCCCC(CC)CO[n+]1c2ccccc2c(-c2ccccc2)c2ccccc21.F[P-](F)(F)(F)(F)F. The van der Waals surface area contributed by atoms with Crippen LogP contribution in [0.4, 0.5) is 25.2 Å². The maximum absolute atomic E-state index is 10.7. The van der Waals surface area contributed by atoms with Crippen LogP contribution in [-0.2, 0) is 0 Å². The molecule has 0 fully saturated rings. The van der Waals surface area contributed by atoms with Crippen molar-refractivity contribution in [3.63, 3.8) is 0 Å². The molecule has 0 saturated heterocycles. The number of unbranched alkanes of at least 4 members (excludes halogenated alkanes) is 1. The molecule has 0 aliphatic heterocycles. The van der Waals surface area contributed by atoms with Gasteiger partial charge in [-0.15, -0.1) is 0 Å². The molecule has 0 saturated carbocycles. The van der Waals surface area contributed by atoms with E-state index in [1.54, 1.807) is 0 Å². The van der Waals surface area contributed by atoms with Crippen LogP contribution in [0, 0.1) is 5.92 Å². The van der Waals surface area contributed by atoms with Crippen LogP contribution in [-0.4, -0.2) is 6.61 Å². The van der Waals surface area contributed by atoms with E-state index < -0.39 is 7.81 Å². The van der Waals surface area contributed by atoms with Gasteiger partial charge in [0.25, 0.3) is 11.0 Å². The zero-order valence-corrected chi connectivity index (χ0v) is 21.1. The molecule has 0 aliphatic carbocycles. The quantitative estimate of drug-likeness (QED) is 0.0958. The van der Waals surface area contributed by atoms with E-state index in [1.807, 2.05) is 0 Å². The van der Waals surface area contributed by atoms with Crippen molar-refractivity contribution >= 4 is 29.6 Å². The topological polar surface area (TPSA) is 13.1 Å². The minimum absolute atomic E-state index is 0.591. The molecule has 1 atom stereocenters. The molecule has 2 nitrogen and oxygen atoms in total. The number of benzene rings is 3. The second-order valence-corrected chi connectivity index (χ2v) is 10.7. The molecule has 1 heterocycles. The van der Waals surface area contributed by atoms with Gasteiger partial charge in [-0.25, -0.2) is 0 Å². The first-order chi connectivity index (χ1) is 16.8. The third-order valence-corrected chi connectivity index (χ3v) is 5.83. The third kappa shape index (κ3) is 8.37. The Bertz CT molecular complexity index is 1240. The summed E-state index contributed by atoms with van der Waals surface area (Å²) < 4.78 is 61.3. The Labute approximate surface area is 206 Å². The first kappa shape index (κ1) is 27.7. The molecule has 0 N–H and O–H groups in total. The van der Waals surface area contributed by atoms with Crippen LogP contribution in [0.1, 0.15) is 39.5 Å². The normalized spacial score (nSPS) is 14.4. The van der Waals surface area contributed by atoms with Crippen LogP contribution < -0.4 is 9.57 Å². The second kappa shape index (κ2) is 10.3. The summed E-state index contributed by atoms with van der Waals surface area (Å²) >= 11 is 0. The van der Waals surface area contributed by atoms with Gasteiger partial charge in [-0.3, -0.25) is 4.84 Å². The summed E-state index contributed by atoms with van der Waals surface area (Å²) in [4.78, 5) is 6.49. The van der Waals surface area contributed by atoms with E-state index in [-0.39, 0.29) is 0 Å². The summed E-state index contributed by atoms with van der Waals surface area (Å²) in [6, 6.07) is 27.8. The minimum atomic E-state index is -10.7. The van der Waals surface area contributed by atoms with Crippen molar-refractivity contribution in [1.29, 1.82) is 0 Å². The number of aromatic nitrogens is 1. The summed E-state index contributed by atoms with van der Waals surface area (Å²) in [7, 11) is -10.7.